The van der Waals surface area contributed by atoms with Gasteiger partial charge in [-0.2, -0.15) is 11.8 Å². The highest BCUT2D eigenvalue weighted by Gasteiger charge is 2.22. The van der Waals surface area contributed by atoms with Crippen molar-refractivity contribution in [3.05, 3.63) is 52.2 Å². The average Bonchev–Trinajstić information content (AvgIpc) is 3.10. The number of carbonyl (C=O) groups excluding carboxylic acids is 2. The smallest absolute Gasteiger partial charge is 0.254 e. The molecule has 2 rings (SSSR count). The minimum absolute atomic E-state index is 0.0704. The summed E-state index contributed by atoms with van der Waals surface area (Å²) in [7, 11) is 0. The molecule has 0 spiro atoms. The van der Waals surface area contributed by atoms with Crippen molar-refractivity contribution < 1.29 is 14.0 Å². The van der Waals surface area contributed by atoms with Crippen LogP contribution in [0.1, 0.15) is 22.5 Å². The molecule has 5 nitrogen and oxygen atoms in total. The number of nitrogens with zero attached hydrogens (tertiary/aromatic N) is 1. The Morgan fingerprint density at radius 1 is 1.38 bits per heavy atom. The van der Waals surface area contributed by atoms with E-state index in [-0.39, 0.29) is 11.5 Å². The van der Waals surface area contributed by atoms with Crippen LogP contribution < -0.4 is 10.6 Å². The maximum atomic E-state index is 13.7. The molecule has 0 aliphatic heterocycles. The normalized spacial score (nSPS) is 11.8. The van der Waals surface area contributed by atoms with E-state index in [0.29, 0.717) is 18.7 Å². The molecule has 0 unspecified atom stereocenters. The summed E-state index contributed by atoms with van der Waals surface area (Å²) < 4.78 is 13.7. The van der Waals surface area contributed by atoms with Crippen molar-refractivity contribution in [3.63, 3.8) is 0 Å². The third kappa shape index (κ3) is 5.31. The largest absolute Gasteiger partial charge is 0.349 e. The van der Waals surface area contributed by atoms with Gasteiger partial charge in [0, 0.05) is 5.38 Å². The maximum absolute atomic E-state index is 13.7. The molecule has 0 saturated heterocycles. The van der Waals surface area contributed by atoms with Gasteiger partial charge < -0.3 is 10.6 Å². The van der Waals surface area contributed by atoms with Gasteiger partial charge in [-0.3, -0.25) is 9.59 Å². The summed E-state index contributed by atoms with van der Waals surface area (Å²) >= 11 is 3.02. The summed E-state index contributed by atoms with van der Waals surface area (Å²) in [6.45, 7) is 0.299. The fourth-order valence-electron chi connectivity index (χ4n) is 2.01. The highest BCUT2D eigenvalue weighted by molar-refractivity contribution is 7.98. The number of rotatable bonds is 8. The molecule has 2 amide bonds. The third-order valence-electron chi connectivity index (χ3n) is 3.28. The van der Waals surface area contributed by atoms with Crippen LogP contribution in [0.4, 0.5) is 4.39 Å². The van der Waals surface area contributed by atoms with Crippen LogP contribution in [0.3, 0.4) is 0 Å². The zero-order chi connectivity index (χ0) is 17.4. The molecular formula is C16H18FN3O2S2. The van der Waals surface area contributed by atoms with Crippen LogP contribution in [-0.4, -0.2) is 34.8 Å². The SMILES string of the molecule is CSCC[C@H](NC(=O)c1ccccc1F)C(=O)NCc1cscn1. The Morgan fingerprint density at radius 3 is 2.83 bits per heavy atom. The number of amides is 2. The molecule has 128 valence electrons. The minimum atomic E-state index is -0.719. The molecule has 0 radical (unpaired) electrons. The average molecular weight is 367 g/mol. The van der Waals surface area contributed by atoms with Gasteiger partial charge in [0.15, 0.2) is 0 Å². The number of carbonyl (C=O) groups is 2. The van der Waals surface area contributed by atoms with Crippen LogP contribution in [-0.2, 0) is 11.3 Å². The topological polar surface area (TPSA) is 71.1 Å². The molecule has 1 atom stereocenters. The second-order valence-corrected chi connectivity index (χ2v) is 6.69. The van der Waals surface area contributed by atoms with Crippen LogP contribution in [0, 0.1) is 5.82 Å². The Bertz CT molecular complexity index is 680. The first-order chi connectivity index (χ1) is 11.6. The number of benzene rings is 1. The quantitative estimate of drug-likeness (QED) is 0.752. The lowest BCUT2D eigenvalue weighted by atomic mass is 10.1. The van der Waals surface area contributed by atoms with Crippen LogP contribution in [0.15, 0.2) is 35.2 Å². The summed E-state index contributed by atoms with van der Waals surface area (Å²) in [4.78, 5) is 28.7. The second-order valence-electron chi connectivity index (χ2n) is 4.98. The first kappa shape index (κ1) is 18.4. The Kier molecular flexibility index (Phi) is 7.20. The van der Waals surface area contributed by atoms with Crippen molar-refractivity contribution in [2.75, 3.05) is 12.0 Å². The Morgan fingerprint density at radius 2 is 2.17 bits per heavy atom. The minimum Gasteiger partial charge on any atom is -0.349 e. The van der Waals surface area contributed by atoms with E-state index in [1.807, 2.05) is 11.6 Å². The van der Waals surface area contributed by atoms with E-state index in [1.165, 1.54) is 29.5 Å². The van der Waals surface area contributed by atoms with Gasteiger partial charge >= 0.3 is 0 Å². The molecule has 2 aromatic rings. The third-order valence-corrected chi connectivity index (χ3v) is 4.56. The van der Waals surface area contributed by atoms with Crippen LogP contribution in [0.25, 0.3) is 0 Å². The number of nitrogens with one attached hydrogen (secondary N) is 2. The van der Waals surface area contributed by atoms with Crippen LogP contribution in [0.2, 0.25) is 0 Å². The van der Waals surface area contributed by atoms with E-state index in [4.69, 9.17) is 0 Å². The van der Waals surface area contributed by atoms with Crippen molar-refractivity contribution in [2.45, 2.75) is 19.0 Å². The lowest BCUT2D eigenvalue weighted by molar-refractivity contribution is -0.123. The number of aromatic nitrogens is 1. The van der Waals surface area contributed by atoms with Crippen LogP contribution >= 0.6 is 23.1 Å². The molecule has 0 saturated carbocycles. The number of halogens is 1. The molecule has 1 heterocycles. The molecule has 0 fully saturated rings. The van der Waals surface area contributed by atoms with Crippen LogP contribution in [0.5, 0.6) is 0 Å². The predicted octanol–water partition coefficient (Wildman–Crippen LogP) is 2.45. The highest BCUT2D eigenvalue weighted by Crippen LogP contribution is 2.08. The van der Waals surface area contributed by atoms with Gasteiger partial charge in [-0.25, -0.2) is 9.37 Å². The fraction of sp³-hybridized carbons (Fsp3) is 0.312. The van der Waals surface area contributed by atoms with Gasteiger partial charge in [-0.05, 0) is 30.6 Å². The molecule has 1 aromatic heterocycles. The zero-order valence-electron chi connectivity index (χ0n) is 13.1. The van der Waals surface area contributed by atoms with Crippen molar-refractivity contribution in [2.24, 2.45) is 0 Å². The first-order valence-electron chi connectivity index (χ1n) is 7.31. The molecule has 0 bridgehead atoms. The van der Waals surface area contributed by atoms with Crippen molar-refractivity contribution >= 4 is 34.9 Å². The van der Waals surface area contributed by atoms with Crippen molar-refractivity contribution in [1.82, 2.24) is 15.6 Å². The van der Waals surface area contributed by atoms with Gasteiger partial charge in [0.1, 0.15) is 11.9 Å². The zero-order valence-corrected chi connectivity index (χ0v) is 14.8. The summed E-state index contributed by atoms with van der Waals surface area (Å²) in [5, 5.41) is 7.21. The summed E-state index contributed by atoms with van der Waals surface area (Å²) in [5.74, 6) is -0.807. The molecule has 24 heavy (non-hydrogen) atoms. The molecular weight excluding hydrogens is 349 g/mol. The number of hydrogen-bond acceptors (Lipinski definition) is 5. The van der Waals surface area contributed by atoms with Gasteiger partial charge in [-0.1, -0.05) is 12.1 Å². The molecule has 2 N–H and O–H groups in total. The Labute approximate surface area is 148 Å². The number of thiazole rings is 1. The Balaban J connectivity index is 2.00. The number of thioether (sulfide) groups is 1. The lowest BCUT2D eigenvalue weighted by Crippen LogP contribution is -2.47. The van der Waals surface area contributed by atoms with E-state index in [0.717, 1.165) is 5.69 Å². The maximum Gasteiger partial charge on any atom is 0.254 e. The van der Waals surface area contributed by atoms with E-state index in [9.17, 15) is 14.0 Å². The summed E-state index contributed by atoms with van der Waals surface area (Å²) in [5.41, 5.74) is 2.38. The standard InChI is InChI=1S/C16H18FN3O2S2/c1-23-7-6-14(16(22)18-8-11-9-24-10-19-11)20-15(21)12-4-2-3-5-13(12)17/h2-5,9-10,14H,6-8H2,1H3,(H,18,22)(H,20,21)/t14-/m0/s1. The van der Waals surface area contributed by atoms with E-state index in [1.54, 1.807) is 23.3 Å². The van der Waals surface area contributed by atoms with Gasteiger partial charge in [0.2, 0.25) is 5.91 Å². The molecule has 0 aliphatic carbocycles. The van der Waals surface area contributed by atoms with Crippen molar-refractivity contribution in [3.8, 4) is 0 Å². The highest BCUT2D eigenvalue weighted by atomic mass is 32.2. The first-order valence-corrected chi connectivity index (χ1v) is 9.64. The van der Waals surface area contributed by atoms with Gasteiger partial charge in [0.25, 0.3) is 5.91 Å². The number of hydrogen-bond donors (Lipinski definition) is 2. The van der Waals surface area contributed by atoms with Gasteiger partial charge in [0.05, 0.1) is 23.3 Å². The van der Waals surface area contributed by atoms with E-state index < -0.39 is 17.8 Å². The van der Waals surface area contributed by atoms with E-state index in [2.05, 4.69) is 15.6 Å². The fourth-order valence-corrected chi connectivity index (χ4v) is 3.04. The second kappa shape index (κ2) is 9.39. The Hall–Kier alpha value is -1.93. The molecule has 8 heteroatoms. The monoisotopic (exact) mass is 367 g/mol. The molecule has 0 aliphatic rings. The lowest BCUT2D eigenvalue weighted by Gasteiger charge is -2.18. The summed E-state index contributed by atoms with van der Waals surface area (Å²) in [6, 6.07) is 4.98. The van der Waals surface area contributed by atoms with Crippen molar-refractivity contribution in [1.29, 1.82) is 0 Å². The van der Waals surface area contributed by atoms with Gasteiger partial charge in [-0.15, -0.1) is 11.3 Å². The van der Waals surface area contributed by atoms with E-state index >= 15 is 0 Å². The predicted molar refractivity (Wildman–Crippen MR) is 94.6 cm³/mol. The summed E-state index contributed by atoms with van der Waals surface area (Å²) in [6.07, 6.45) is 2.38. The molecule has 1 aromatic carbocycles.